The summed E-state index contributed by atoms with van der Waals surface area (Å²) in [5.74, 6) is 0.562. The van der Waals surface area contributed by atoms with Crippen LogP contribution in [0.3, 0.4) is 0 Å². The Kier molecular flexibility index (Phi) is 7.81. The van der Waals surface area contributed by atoms with Crippen molar-refractivity contribution in [3.8, 4) is 5.75 Å². The van der Waals surface area contributed by atoms with Crippen molar-refractivity contribution in [1.82, 2.24) is 10.6 Å². The summed E-state index contributed by atoms with van der Waals surface area (Å²) in [5.41, 5.74) is 2.21. The largest absolute Gasteiger partial charge is 0.493 e. The maximum absolute atomic E-state index is 11.4. The molecule has 0 radical (unpaired) electrons. The highest BCUT2D eigenvalue weighted by atomic mass is 16.5. The van der Waals surface area contributed by atoms with E-state index in [2.05, 4.69) is 15.4 Å². The molecule has 2 amide bonds. The fraction of sp³-hybridized carbons (Fsp3) is 0.500. The number of para-hydroxylation sites is 1. The van der Waals surface area contributed by atoms with Crippen molar-refractivity contribution in [3.05, 3.63) is 29.3 Å². The number of urea groups is 1. The van der Waals surface area contributed by atoms with Gasteiger partial charge in [-0.05, 0) is 31.4 Å². The molecule has 22 heavy (non-hydrogen) atoms. The highest BCUT2D eigenvalue weighted by molar-refractivity contribution is 5.75. The molecule has 0 unspecified atom stereocenters. The van der Waals surface area contributed by atoms with Crippen LogP contribution >= 0.6 is 0 Å². The first-order valence-electron chi connectivity index (χ1n) is 7.32. The molecule has 0 aliphatic rings. The second-order valence-corrected chi connectivity index (χ2v) is 4.93. The first-order chi connectivity index (χ1) is 10.5. The Balaban J connectivity index is 2.12. The third kappa shape index (κ3) is 6.47. The maximum atomic E-state index is 11.4. The standard InChI is InChI=1S/C16H24N2O4/c1-12-6-4-7-13(2)15(12)22-11-5-9-17-16(20)18-10-8-14(19)21-3/h4,6-7H,5,8-11H2,1-3H3,(H2,17,18,20). The quantitative estimate of drug-likeness (QED) is 0.568. The normalized spacial score (nSPS) is 9.95. The fourth-order valence-corrected chi connectivity index (χ4v) is 1.92. The summed E-state index contributed by atoms with van der Waals surface area (Å²) in [5, 5.41) is 5.29. The molecule has 1 rings (SSSR count). The molecule has 0 aliphatic carbocycles. The topological polar surface area (TPSA) is 76.7 Å². The third-order valence-electron chi connectivity index (χ3n) is 3.10. The maximum Gasteiger partial charge on any atom is 0.314 e. The number of ether oxygens (including phenoxy) is 2. The molecular weight excluding hydrogens is 284 g/mol. The number of rotatable bonds is 8. The fourth-order valence-electron chi connectivity index (χ4n) is 1.92. The van der Waals surface area contributed by atoms with Crippen LogP contribution in [0.4, 0.5) is 4.79 Å². The molecule has 2 N–H and O–H groups in total. The third-order valence-corrected chi connectivity index (χ3v) is 3.10. The number of esters is 1. The Hall–Kier alpha value is -2.24. The summed E-state index contributed by atoms with van der Waals surface area (Å²) in [4.78, 5) is 22.3. The highest BCUT2D eigenvalue weighted by Crippen LogP contribution is 2.22. The van der Waals surface area contributed by atoms with Gasteiger partial charge in [0, 0.05) is 13.1 Å². The molecule has 0 atom stereocenters. The van der Waals surface area contributed by atoms with Crippen LogP contribution in [-0.4, -0.2) is 38.8 Å². The predicted molar refractivity (Wildman–Crippen MR) is 84.1 cm³/mol. The zero-order valence-electron chi connectivity index (χ0n) is 13.4. The average Bonchev–Trinajstić information content (AvgIpc) is 2.49. The average molecular weight is 308 g/mol. The van der Waals surface area contributed by atoms with Crippen LogP contribution in [0.2, 0.25) is 0 Å². The van der Waals surface area contributed by atoms with Gasteiger partial charge in [0.15, 0.2) is 0 Å². The van der Waals surface area contributed by atoms with Crippen LogP contribution < -0.4 is 15.4 Å². The van der Waals surface area contributed by atoms with Gasteiger partial charge in [0.2, 0.25) is 0 Å². The summed E-state index contributed by atoms with van der Waals surface area (Å²) in [6.07, 6.45) is 0.873. The number of benzene rings is 1. The Morgan fingerprint density at radius 3 is 2.36 bits per heavy atom. The number of hydrogen-bond acceptors (Lipinski definition) is 4. The molecular formula is C16H24N2O4. The number of methoxy groups -OCH3 is 1. The second-order valence-electron chi connectivity index (χ2n) is 4.93. The Morgan fingerprint density at radius 2 is 1.73 bits per heavy atom. The molecule has 0 heterocycles. The zero-order valence-corrected chi connectivity index (χ0v) is 13.4. The van der Waals surface area contributed by atoms with Crippen LogP contribution in [0.25, 0.3) is 0 Å². The molecule has 0 bridgehead atoms. The van der Waals surface area contributed by atoms with Gasteiger partial charge in [-0.25, -0.2) is 4.79 Å². The van der Waals surface area contributed by atoms with Crippen LogP contribution in [-0.2, 0) is 9.53 Å². The SMILES string of the molecule is COC(=O)CCNC(=O)NCCCOc1c(C)cccc1C. The van der Waals surface area contributed by atoms with Gasteiger partial charge in [-0.2, -0.15) is 0 Å². The molecule has 6 heteroatoms. The second kappa shape index (κ2) is 9.65. The van der Waals surface area contributed by atoms with Gasteiger partial charge in [-0.1, -0.05) is 18.2 Å². The van der Waals surface area contributed by atoms with E-state index in [1.165, 1.54) is 7.11 Å². The van der Waals surface area contributed by atoms with Gasteiger partial charge in [0.1, 0.15) is 5.75 Å². The summed E-state index contributed by atoms with van der Waals surface area (Å²) >= 11 is 0. The van der Waals surface area contributed by atoms with Gasteiger partial charge >= 0.3 is 12.0 Å². The lowest BCUT2D eigenvalue weighted by atomic mass is 10.1. The lowest BCUT2D eigenvalue weighted by Crippen LogP contribution is -2.37. The van der Waals surface area contributed by atoms with E-state index in [1.54, 1.807) is 0 Å². The van der Waals surface area contributed by atoms with Crippen molar-refractivity contribution < 1.29 is 19.1 Å². The van der Waals surface area contributed by atoms with E-state index >= 15 is 0 Å². The monoisotopic (exact) mass is 308 g/mol. The number of nitrogens with one attached hydrogen (secondary N) is 2. The number of amides is 2. The molecule has 6 nitrogen and oxygen atoms in total. The number of aryl methyl sites for hydroxylation is 2. The Labute approximate surface area is 131 Å². The predicted octanol–water partition coefficient (Wildman–Crippen LogP) is 1.93. The molecule has 0 aliphatic heterocycles. The minimum atomic E-state index is -0.345. The van der Waals surface area contributed by atoms with Crippen molar-refractivity contribution in [2.24, 2.45) is 0 Å². The molecule has 0 saturated heterocycles. The van der Waals surface area contributed by atoms with Crippen molar-refractivity contribution in [3.63, 3.8) is 0 Å². The Bertz CT molecular complexity index is 483. The Morgan fingerprint density at radius 1 is 1.09 bits per heavy atom. The molecule has 0 fully saturated rings. The first-order valence-corrected chi connectivity index (χ1v) is 7.32. The zero-order chi connectivity index (χ0) is 16.4. The first kappa shape index (κ1) is 17.8. The van der Waals surface area contributed by atoms with E-state index in [4.69, 9.17) is 4.74 Å². The summed E-state index contributed by atoms with van der Waals surface area (Å²) in [6.45, 7) is 5.32. The molecule has 0 saturated carbocycles. The molecule has 1 aromatic rings. The number of carbonyl (C=O) groups is 2. The van der Waals surface area contributed by atoms with Crippen molar-refractivity contribution in [2.75, 3.05) is 26.8 Å². The minimum Gasteiger partial charge on any atom is -0.493 e. The van der Waals surface area contributed by atoms with Gasteiger partial charge < -0.3 is 20.1 Å². The van der Waals surface area contributed by atoms with E-state index in [9.17, 15) is 9.59 Å². The van der Waals surface area contributed by atoms with Gasteiger partial charge in [0.25, 0.3) is 0 Å². The van der Waals surface area contributed by atoms with E-state index in [0.29, 0.717) is 19.6 Å². The number of carbonyl (C=O) groups excluding carboxylic acids is 2. The lowest BCUT2D eigenvalue weighted by molar-refractivity contribution is -0.140. The minimum absolute atomic E-state index is 0.166. The highest BCUT2D eigenvalue weighted by Gasteiger charge is 2.04. The molecule has 122 valence electrons. The van der Waals surface area contributed by atoms with Crippen LogP contribution in [0, 0.1) is 13.8 Å². The van der Waals surface area contributed by atoms with Crippen molar-refractivity contribution in [1.29, 1.82) is 0 Å². The van der Waals surface area contributed by atoms with Gasteiger partial charge in [-0.15, -0.1) is 0 Å². The summed E-state index contributed by atoms with van der Waals surface area (Å²) < 4.78 is 10.2. The van der Waals surface area contributed by atoms with E-state index in [0.717, 1.165) is 16.9 Å². The van der Waals surface area contributed by atoms with E-state index in [-0.39, 0.29) is 25.0 Å². The van der Waals surface area contributed by atoms with Crippen molar-refractivity contribution >= 4 is 12.0 Å². The van der Waals surface area contributed by atoms with Gasteiger partial charge in [0.05, 0.1) is 20.1 Å². The van der Waals surface area contributed by atoms with Crippen LogP contribution in [0.15, 0.2) is 18.2 Å². The van der Waals surface area contributed by atoms with Gasteiger partial charge in [-0.3, -0.25) is 4.79 Å². The lowest BCUT2D eigenvalue weighted by Gasteiger charge is -2.12. The van der Waals surface area contributed by atoms with E-state index in [1.807, 2.05) is 32.0 Å². The summed E-state index contributed by atoms with van der Waals surface area (Å²) in [6, 6.07) is 5.72. The van der Waals surface area contributed by atoms with E-state index < -0.39 is 0 Å². The van der Waals surface area contributed by atoms with Crippen molar-refractivity contribution in [2.45, 2.75) is 26.7 Å². The van der Waals surface area contributed by atoms with Crippen LogP contribution in [0.1, 0.15) is 24.0 Å². The summed E-state index contributed by atoms with van der Waals surface area (Å²) in [7, 11) is 1.32. The molecule has 0 spiro atoms. The molecule has 0 aromatic heterocycles. The smallest absolute Gasteiger partial charge is 0.314 e. The van der Waals surface area contributed by atoms with Crippen LogP contribution in [0.5, 0.6) is 5.75 Å². The molecule has 1 aromatic carbocycles. The number of hydrogen-bond donors (Lipinski definition) is 2.